The fourth-order valence-electron chi connectivity index (χ4n) is 2.37. The summed E-state index contributed by atoms with van der Waals surface area (Å²) in [7, 11) is 0. The summed E-state index contributed by atoms with van der Waals surface area (Å²) in [6.07, 6.45) is 1.89. The first-order valence-corrected chi connectivity index (χ1v) is 7.43. The van der Waals surface area contributed by atoms with Crippen molar-refractivity contribution in [3.05, 3.63) is 29.4 Å². The molecule has 0 saturated carbocycles. The molecule has 0 saturated heterocycles. The van der Waals surface area contributed by atoms with Crippen molar-refractivity contribution in [3.8, 4) is 0 Å². The van der Waals surface area contributed by atoms with Crippen molar-refractivity contribution in [1.82, 2.24) is 25.0 Å². The van der Waals surface area contributed by atoms with Gasteiger partial charge < -0.3 is 14.4 Å². The van der Waals surface area contributed by atoms with Crippen molar-refractivity contribution in [1.29, 1.82) is 0 Å². The maximum atomic E-state index is 5.32. The van der Waals surface area contributed by atoms with Crippen LogP contribution in [0, 0.1) is 26.7 Å². The number of imidazole rings is 1. The minimum Gasteiger partial charge on any atom is -0.338 e. The number of hydrogen-bond acceptors (Lipinski definition) is 5. The minimum atomic E-state index is 0.0612. The van der Waals surface area contributed by atoms with Crippen LogP contribution in [0.5, 0.6) is 0 Å². The zero-order valence-electron chi connectivity index (χ0n) is 13.7. The average molecular weight is 291 g/mol. The summed E-state index contributed by atoms with van der Waals surface area (Å²) in [4.78, 5) is 8.69. The van der Waals surface area contributed by atoms with E-state index in [9.17, 15) is 0 Å². The Labute approximate surface area is 126 Å². The first kappa shape index (κ1) is 15.7. The van der Waals surface area contributed by atoms with E-state index >= 15 is 0 Å². The van der Waals surface area contributed by atoms with E-state index in [1.807, 2.05) is 20.2 Å². The summed E-state index contributed by atoms with van der Waals surface area (Å²) >= 11 is 0. The molecule has 116 valence electrons. The lowest BCUT2D eigenvalue weighted by Crippen LogP contribution is -2.36. The van der Waals surface area contributed by atoms with Crippen LogP contribution < -0.4 is 5.32 Å². The van der Waals surface area contributed by atoms with E-state index in [1.54, 1.807) is 0 Å². The van der Waals surface area contributed by atoms with E-state index in [0.717, 1.165) is 12.2 Å². The van der Waals surface area contributed by atoms with Crippen molar-refractivity contribution in [2.24, 2.45) is 5.92 Å². The third kappa shape index (κ3) is 3.69. The molecule has 2 rings (SSSR count). The van der Waals surface area contributed by atoms with Crippen LogP contribution in [-0.4, -0.2) is 25.7 Å². The maximum Gasteiger partial charge on any atom is 0.244 e. The third-order valence-corrected chi connectivity index (χ3v) is 3.76. The molecule has 2 aromatic rings. The van der Waals surface area contributed by atoms with Crippen LogP contribution in [0.2, 0.25) is 0 Å². The SMILES string of the molecule is Cc1noc([C@H](N[C@H](C)Cn2cnc(C)c2C)C(C)C)n1. The van der Waals surface area contributed by atoms with Gasteiger partial charge in [-0.3, -0.25) is 0 Å². The highest BCUT2D eigenvalue weighted by molar-refractivity contribution is 5.08. The predicted octanol–water partition coefficient (Wildman–Crippen LogP) is 2.57. The molecule has 2 heterocycles. The normalized spacial score (nSPS) is 14.6. The largest absolute Gasteiger partial charge is 0.338 e. The van der Waals surface area contributed by atoms with E-state index in [4.69, 9.17) is 4.52 Å². The van der Waals surface area contributed by atoms with Gasteiger partial charge in [0.1, 0.15) is 0 Å². The van der Waals surface area contributed by atoms with Crippen LogP contribution in [0.3, 0.4) is 0 Å². The monoisotopic (exact) mass is 291 g/mol. The van der Waals surface area contributed by atoms with Crippen LogP contribution >= 0.6 is 0 Å². The Morgan fingerprint density at radius 3 is 2.43 bits per heavy atom. The summed E-state index contributed by atoms with van der Waals surface area (Å²) in [6.45, 7) is 13.3. The summed E-state index contributed by atoms with van der Waals surface area (Å²) in [5.74, 6) is 1.71. The molecule has 1 N–H and O–H groups in total. The number of nitrogens with zero attached hydrogens (tertiary/aromatic N) is 4. The molecular formula is C15H25N5O. The molecule has 0 aliphatic carbocycles. The van der Waals surface area contributed by atoms with E-state index in [1.165, 1.54) is 5.69 Å². The second-order valence-electron chi connectivity index (χ2n) is 6.04. The van der Waals surface area contributed by atoms with Gasteiger partial charge >= 0.3 is 0 Å². The summed E-state index contributed by atoms with van der Waals surface area (Å²) in [5.41, 5.74) is 2.29. The van der Waals surface area contributed by atoms with Gasteiger partial charge in [0.2, 0.25) is 5.89 Å². The fraction of sp³-hybridized carbons (Fsp3) is 0.667. The Kier molecular flexibility index (Phi) is 4.77. The van der Waals surface area contributed by atoms with Gasteiger partial charge in [-0.1, -0.05) is 19.0 Å². The lowest BCUT2D eigenvalue weighted by molar-refractivity contribution is 0.265. The zero-order valence-corrected chi connectivity index (χ0v) is 13.7. The smallest absolute Gasteiger partial charge is 0.244 e. The Bertz CT molecular complexity index is 587. The number of aromatic nitrogens is 4. The standard InChI is InChI=1S/C15H25N5O/c1-9(2)14(15-18-13(6)19-21-15)17-10(3)7-20-8-16-11(4)12(20)5/h8-10,14,17H,7H2,1-6H3/t10-,14-/m1/s1. The second kappa shape index (κ2) is 6.39. The van der Waals surface area contributed by atoms with Gasteiger partial charge in [-0.15, -0.1) is 0 Å². The first-order valence-electron chi connectivity index (χ1n) is 7.43. The molecule has 21 heavy (non-hydrogen) atoms. The van der Waals surface area contributed by atoms with E-state index in [0.29, 0.717) is 17.6 Å². The number of aryl methyl sites for hydroxylation is 2. The molecule has 0 aromatic carbocycles. The first-order chi connectivity index (χ1) is 9.88. The number of hydrogen-bond donors (Lipinski definition) is 1. The van der Waals surface area contributed by atoms with Crippen molar-refractivity contribution >= 4 is 0 Å². The van der Waals surface area contributed by atoms with E-state index in [-0.39, 0.29) is 12.1 Å². The molecule has 6 heteroatoms. The molecule has 0 amide bonds. The zero-order chi connectivity index (χ0) is 15.6. The Morgan fingerprint density at radius 2 is 1.95 bits per heavy atom. The maximum absolute atomic E-state index is 5.32. The summed E-state index contributed by atoms with van der Waals surface area (Å²) in [6, 6.07) is 0.336. The van der Waals surface area contributed by atoms with Gasteiger partial charge in [-0.05, 0) is 33.6 Å². The van der Waals surface area contributed by atoms with Crippen molar-refractivity contribution < 1.29 is 4.52 Å². The molecule has 0 radical (unpaired) electrons. The Morgan fingerprint density at radius 1 is 1.24 bits per heavy atom. The Balaban J connectivity index is 2.05. The molecule has 0 bridgehead atoms. The van der Waals surface area contributed by atoms with Crippen LogP contribution in [0.25, 0.3) is 0 Å². The summed E-state index contributed by atoms with van der Waals surface area (Å²) in [5, 5.41) is 7.47. The predicted molar refractivity (Wildman–Crippen MR) is 80.9 cm³/mol. The van der Waals surface area contributed by atoms with Crippen molar-refractivity contribution in [2.45, 2.75) is 60.2 Å². The average Bonchev–Trinajstić information content (AvgIpc) is 2.97. The van der Waals surface area contributed by atoms with Gasteiger partial charge in [0.15, 0.2) is 5.82 Å². The molecule has 2 atom stereocenters. The van der Waals surface area contributed by atoms with Gasteiger partial charge in [-0.25, -0.2) is 4.98 Å². The van der Waals surface area contributed by atoms with Gasteiger partial charge in [0, 0.05) is 18.3 Å². The number of rotatable bonds is 6. The Hall–Kier alpha value is -1.69. The number of nitrogens with one attached hydrogen (secondary N) is 1. The molecule has 0 unspecified atom stereocenters. The second-order valence-corrected chi connectivity index (χ2v) is 6.04. The van der Waals surface area contributed by atoms with Crippen molar-refractivity contribution in [2.75, 3.05) is 0 Å². The molecule has 0 aliphatic heterocycles. The lowest BCUT2D eigenvalue weighted by Gasteiger charge is -2.24. The van der Waals surface area contributed by atoms with Crippen LogP contribution in [0.1, 0.15) is 49.9 Å². The highest BCUT2D eigenvalue weighted by atomic mass is 16.5. The summed E-state index contributed by atoms with van der Waals surface area (Å²) < 4.78 is 7.49. The third-order valence-electron chi connectivity index (χ3n) is 3.76. The quantitative estimate of drug-likeness (QED) is 0.886. The van der Waals surface area contributed by atoms with E-state index < -0.39 is 0 Å². The van der Waals surface area contributed by atoms with Gasteiger partial charge in [-0.2, -0.15) is 4.98 Å². The molecule has 2 aromatic heterocycles. The van der Waals surface area contributed by atoms with Crippen molar-refractivity contribution in [3.63, 3.8) is 0 Å². The van der Waals surface area contributed by atoms with Crippen LogP contribution in [0.4, 0.5) is 0 Å². The molecule has 0 fully saturated rings. The molecule has 6 nitrogen and oxygen atoms in total. The highest BCUT2D eigenvalue weighted by Gasteiger charge is 2.23. The fourth-order valence-corrected chi connectivity index (χ4v) is 2.37. The van der Waals surface area contributed by atoms with E-state index in [2.05, 4.69) is 52.7 Å². The minimum absolute atomic E-state index is 0.0612. The van der Waals surface area contributed by atoms with Crippen LogP contribution in [0.15, 0.2) is 10.9 Å². The topological polar surface area (TPSA) is 68.8 Å². The highest BCUT2D eigenvalue weighted by Crippen LogP contribution is 2.21. The van der Waals surface area contributed by atoms with Gasteiger partial charge in [0.25, 0.3) is 0 Å². The molecule has 0 aliphatic rings. The van der Waals surface area contributed by atoms with Gasteiger partial charge in [0.05, 0.1) is 18.1 Å². The molecule has 0 spiro atoms. The van der Waals surface area contributed by atoms with Crippen LogP contribution in [-0.2, 0) is 6.54 Å². The molecular weight excluding hydrogens is 266 g/mol. The lowest BCUT2D eigenvalue weighted by atomic mass is 10.0.